The molecule has 0 fully saturated rings. The summed E-state index contributed by atoms with van der Waals surface area (Å²) in [5.74, 6) is 0.0656. The number of rotatable bonds is 7. The van der Waals surface area contributed by atoms with Crippen molar-refractivity contribution in [2.45, 2.75) is 19.8 Å². The second-order valence-electron chi connectivity index (χ2n) is 7.97. The Balaban J connectivity index is 1.75. The van der Waals surface area contributed by atoms with E-state index in [4.69, 9.17) is 4.74 Å². The maximum atomic E-state index is 13.2. The van der Waals surface area contributed by atoms with Crippen LogP contribution in [0.2, 0.25) is 0 Å². The number of nitro groups is 2. The summed E-state index contributed by atoms with van der Waals surface area (Å²) < 4.78 is 7.64. The van der Waals surface area contributed by atoms with Crippen molar-refractivity contribution in [3.8, 4) is 11.6 Å². The van der Waals surface area contributed by atoms with Gasteiger partial charge >= 0.3 is 5.69 Å². The minimum absolute atomic E-state index is 0.0719. The lowest BCUT2D eigenvalue weighted by Gasteiger charge is -2.12. The zero-order valence-electron chi connectivity index (χ0n) is 19.2. The van der Waals surface area contributed by atoms with Gasteiger partial charge in [-0.25, -0.2) is 9.97 Å². The molecule has 4 rings (SSSR count). The molecule has 0 N–H and O–H groups in total. The van der Waals surface area contributed by atoms with Crippen molar-refractivity contribution in [1.29, 1.82) is 0 Å². The summed E-state index contributed by atoms with van der Waals surface area (Å²) in [7, 11) is 0. The van der Waals surface area contributed by atoms with Crippen LogP contribution in [0.3, 0.4) is 0 Å². The highest BCUT2D eigenvalue weighted by Gasteiger charge is 2.22. The molecule has 0 saturated heterocycles. The molecule has 0 bridgehead atoms. The fourth-order valence-corrected chi connectivity index (χ4v) is 4.24. The van der Waals surface area contributed by atoms with Crippen molar-refractivity contribution in [1.82, 2.24) is 14.6 Å². The number of hydrogen-bond acceptors (Lipinski definition) is 9. The molecule has 0 atom stereocenters. The molecular weight excluding hydrogens is 616 g/mol. The monoisotopic (exact) mass is 630 g/mol. The molecule has 2 heterocycles. The molecule has 0 unspecified atom stereocenters. The Morgan fingerprint density at radius 2 is 1.84 bits per heavy atom. The van der Waals surface area contributed by atoms with Crippen LogP contribution >= 0.6 is 31.9 Å². The molecule has 14 heteroatoms. The van der Waals surface area contributed by atoms with Crippen LogP contribution in [0, 0.1) is 20.2 Å². The summed E-state index contributed by atoms with van der Waals surface area (Å²) in [6.45, 7) is 3.75. The number of nitrogens with zero attached hydrogens (tertiary/aromatic N) is 6. The topological polar surface area (TPSA) is 156 Å². The number of halogens is 2. The van der Waals surface area contributed by atoms with Crippen LogP contribution in [0.5, 0.6) is 11.6 Å². The first kappa shape index (κ1) is 26.0. The van der Waals surface area contributed by atoms with Crippen molar-refractivity contribution in [2.75, 3.05) is 0 Å². The summed E-state index contributed by atoms with van der Waals surface area (Å²) in [6, 6.07) is 10.3. The summed E-state index contributed by atoms with van der Waals surface area (Å²) >= 11 is 6.62. The lowest BCUT2D eigenvalue weighted by molar-refractivity contribution is -0.385. The minimum Gasteiger partial charge on any atom is -0.431 e. The molecule has 0 saturated carbocycles. The summed E-state index contributed by atoms with van der Waals surface area (Å²) in [4.78, 5) is 42.9. The first-order valence-corrected chi connectivity index (χ1v) is 12.2. The summed E-state index contributed by atoms with van der Waals surface area (Å²) in [5.41, 5.74) is -0.211. The SMILES string of the molecule is CC(C)c1nc2ccc(Br)cc2c(=O)n1N=Cc1cc(Br)c(Oc2ccc([N+](=O)[O-])cn2)c([N+](=O)[O-])c1. The van der Waals surface area contributed by atoms with Crippen molar-refractivity contribution >= 4 is 60.4 Å². The smallest absolute Gasteiger partial charge is 0.313 e. The molecule has 2 aromatic carbocycles. The zero-order valence-corrected chi connectivity index (χ0v) is 22.3. The molecule has 0 amide bonds. The number of benzene rings is 2. The van der Waals surface area contributed by atoms with Crippen molar-refractivity contribution in [3.05, 3.63) is 99.6 Å². The van der Waals surface area contributed by atoms with Crippen molar-refractivity contribution in [2.24, 2.45) is 5.10 Å². The first-order valence-electron chi connectivity index (χ1n) is 10.6. The highest BCUT2D eigenvalue weighted by atomic mass is 79.9. The largest absolute Gasteiger partial charge is 0.431 e. The molecule has 188 valence electrons. The van der Waals surface area contributed by atoms with E-state index in [1.54, 1.807) is 18.2 Å². The fourth-order valence-electron chi connectivity index (χ4n) is 3.33. The van der Waals surface area contributed by atoms with E-state index in [1.807, 2.05) is 13.8 Å². The molecule has 0 aliphatic heterocycles. The van der Waals surface area contributed by atoms with Crippen LogP contribution in [-0.2, 0) is 0 Å². The van der Waals surface area contributed by atoms with Crippen molar-refractivity contribution < 1.29 is 14.6 Å². The highest BCUT2D eigenvalue weighted by molar-refractivity contribution is 9.10. The molecule has 2 aromatic heterocycles. The Morgan fingerprint density at radius 3 is 2.46 bits per heavy atom. The standard InChI is InChI=1S/C23H16Br2N6O6/c1-12(2)22-28-18-5-3-14(24)9-16(18)23(32)29(22)27-10-13-7-17(25)21(19(8-13)31(35)36)37-20-6-4-15(11-26-20)30(33)34/h3-12H,1-2H3. The van der Waals surface area contributed by atoms with Gasteiger partial charge < -0.3 is 4.74 Å². The Hall–Kier alpha value is -4.04. The van der Waals surface area contributed by atoms with E-state index in [-0.39, 0.29) is 33.3 Å². The number of aromatic nitrogens is 3. The van der Waals surface area contributed by atoms with E-state index in [9.17, 15) is 25.0 Å². The normalized spacial score (nSPS) is 11.4. The van der Waals surface area contributed by atoms with E-state index in [0.717, 1.165) is 6.20 Å². The number of ether oxygens (including phenoxy) is 1. The number of pyridine rings is 1. The van der Waals surface area contributed by atoms with Gasteiger partial charge in [-0.2, -0.15) is 9.78 Å². The molecule has 0 aliphatic carbocycles. The maximum Gasteiger partial charge on any atom is 0.313 e. The molecule has 4 aromatic rings. The first-order chi connectivity index (χ1) is 17.5. The molecule has 0 radical (unpaired) electrons. The number of hydrogen-bond donors (Lipinski definition) is 0. The quantitative estimate of drug-likeness (QED) is 0.138. The Kier molecular flexibility index (Phi) is 7.40. The second-order valence-corrected chi connectivity index (χ2v) is 9.74. The predicted molar refractivity (Wildman–Crippen MR) is 143 cm³/mol. The third-order valence-corrected chi connectivity index (χ3v) is 6.14. The van der Waals surface area contributed by atoms with Crippen LogP contribution in [0.1, 0.15) is 31.2 Å². The van der Waals surface area contributed by atoms with Crippen LogP contribution in [0.15, 0.2) is 67.5 Å². The van der Waals surface area contributed by atoms with Gasteiger partial charge in [-0.3, -0.25) is 25.0 Å². The molecule has 12 nitrogen and oxygen atoms in total. The molecule has 37 heavy (non-hydrogen) atoms. The van der Waals surface area contributed by atoms with Crippen molar-refractivity contribution in [3.63, 3.8) is 0 Å². The summed E-state index contributed by atoms with van der Waals surface area (Å²) in [6.07, 6.45) is 2.29. The van der Waals surface area contributed by atoms with E-state index < -0.39 is 15.5 Å². The minimum atomic E-state index is -0.649. The van der Waals surface area contributed by atoms with Gasteiger partial charge in [-0.15, -0.1) is 0 Å². The van der Waals surface area contributed by atoms with E-state index in [0.29, 0.717) is 26.8 Å². The third-order valence-electron chi connectivity index (χ3n) is 5.05. The molecule has 0 spiro atoms. The van der Waals surface area contributed by atoms with Crippen LogP contribution in [0.25, 0.3) is 10.9 Å². The predicted octanol–water partition coefficient (Wildman–Crippen LogP) is 5.93. The molecule has 0 aliphatic rings. The van der Waals surface area contributed by atoms with Gasteiger partial charge in [0.15, 0.2) is 0 Å². The van der Waals surface area contributed by atoms with Gasteiger partial charge in [0.1, 0.15) is 12.0 Å². The van der Waals surface area contributed by atoms with Crippen LogP contribution in [0.4, 0.5) is 11.4 Å². The Bertz CT molecular complexity index is 1640. The molecular formula is C23H16Br2N6O6. The number of fused-ring (bicyclic) bond motifs is 1. The van der Waals surface area contributed by atoms with Crippen LogP contribution < -0.4 is 10.3 Å². The second kappa shape index (κ2) is 10.5. The number of nitro benzene ring substituents is 1. The van der Waals surface area contributed by atoms with Crippen LogP contribution in [-0.4, -0.2) is 30.7 Å². The fraction of sp³-hybridized carbons (Fsp3) is 0.130. The third kappa shape index (κ3) is 5.54. The lowest BCUT2D eigenvalue weighted by atomic mass is 10.2. The van der Waals surface area contributed by atoms with Gasteiger partial charge in [0.25, 0.3) is 11.2 Å². The summed E-state index contributed by atoms with van der Waals surface area (Å²) in [5, 5.41) is 27.3. The van der Waals surface area contributed by atoms with E-state index in [2.05, 4.69) is 46.9 Å². The van der Waals surface area contributed by atoms with Gasteiger partial charge in [0.05, 0.1) is 31.4 Å². The lowest BCUT2D eigenvalue weighted by Crippen LogP contribution is -2.23. The zero-order chi connectivity index (χ0) is 26.9. The van der Waals surface area contributed by atoms with Gasteiger partial charge in [0.2, 0.25) is 11.6 Å². The Labute approximate surface area is 225 Å². The average molecular weight is 632 g/mol. The van der Waals surface area contributed by atoms with Gasteiger partial charge in [-0.05, 0) is 40.2 Å². The van der Waals surface area contributed by atoms with Gasteiger partial charge in [0, 0.05) is 34.2 Å². The Morgan fingerprint density at radius 1 is 1.08 bits per heavy atom. The van der Waals surface area contributed by atoms with Gasteiger partial charge in [-0.1, -0.05) is 29.8 Å². The van der Waals surface area contributed by atoms with E-state index >= 15 is 0 Å². The average Bonchev–Trinajstić information content (AvgIpc) is 2.85. The maximum absolute atomic E-state index is 13.2. The highest BCUT2D eigenvalue weighted by Crippen LogP contribution is 2.38. The van der Waals surface area contributed by atoms with E-state index in [1.165, 1.54) is 35.2 Å².